The summed E-state index contributed by atoms with van der Waals surface area (Å²) in [6.45, 7) is 5.01. The minimum atomic E-state index is 0.276. The quantitative estimate of drug-likeness (QED) is 0.768. The topological polar surface area (TPSA) is 66.0 Å². The largest absolute Gasteiger partial charge is 0.481 e. The van der Waals surface area contributed by atoms with E-state index < -0.39 is 0 Å². The van der Waals surface area contributed by atoms with Crippen LogP contribution in [0, 0.1) is 6.92 Å². The minimum absolute atomic E-state index is 0.276. The van der Waals surface area contributed by atoms with E-state index in [-0.39, 0.29) is 6.61 Å². The van der Waals surface area contributed by atoms with E-state index in [2.05, 4.69) is 22.2 Å². The molecule has 0 saturated carbocycles. The van der Waals surface area contributed by atoms with Gasteiger partial charge in [0, 0.05) is 13.5 Å². The van der Waals surface area contributed by atoms with Crippen LogP contribution in [0.5, 0.6) is 5.75 Å². The van der Waals surface area contributed by atoms with E-state index in [1.165, 1.54) is 0 Å². The van der Waals surface area contributed by atoms with Gasteiger partial charge in [-0.05, 0) is 6.42 Å². The summed E-state index contributed by atoms with van der Waals surface area (Å²) in [6.07, 6.45) is 4.58. The smallest absolute Gasteiger partial charge is 0.253 e. The van der Waals surface area contributed by atoms with Gasteiger partial charge in [0.15, 0.2) is 12.4 Å². The van der Waals surface area contributed by atoms with Crippen LogP contribution in [-0.4, -0.2) is 20.0 Å². The standard InChI is InChI=1S/C10H14N4O2/c1-3-4-14-6-9(5-11-14)15-7-10-13-12-8(2)16-10/h5-6H,3-4,7H2,1-2H3. The van der Waals surface area contributed by atoms with Crippen molar-refractivity contribution in [2.24, 2.45) is 0 Å². The Morgan fingerprint density at radius 2 is 2.31 bits per heavy atom. The second-order valence-corrected chi connectivity index (χ2v) is 3.44. The fraction of sp³-hybridized carbons (Fsp3) is 0.500. The van der Waals surface area contributed by atoms with Crippen LogP contribution >= 0.6 is 0 Å². The zero-order chi connectivity index (χ0) is 11.4. The SMILES string of the molecule is CCCn1cc(OCc2nnc(C)o2)cn1. The molecule has 6 nitrogen and oxygen atoms in total. The molecule has 2 heterocycles. The van der Waals surface area contributed by atoms with Crippen molar-refractivity contribution in [3.05, 3.63) is 24.2 Å². The molecule has 0 amide bonds. The van der Waals surface area contributed by atoms with Crippen molar-refractivity contribution in [2.75, 3.05) is 0 Å². The van der Waals surface area contributed by atoms with Crippen LogP contribution in [0.25, 0.3) is 0 Å². The zero-order valence-electron chi connectivity index (χ0n) is 9.38. The molecule has 2 aromatic rings. The van der Waals surface area contributed by atoms with Crippen molar-refractivity contribution in [1.29, 1.82) is 0 Å². The maximum absolute atomic E-state index is 5.45. The second-order valence-electron chi connectivity index (χ2n) is 3.44. The molecule has 0 aromatic carbocycles. The third kappa shape index (κ3) is 2.59. The normalized spacial score (nSPS) is 10.6. The number of ether oxygens (including phenoxy) is 1. The Balaban J connectivity index is 1.89. The molecular formula is C10H14N4O2. The Hall–Kier alpha value is -1.85. The highest BCUT2D eigenvalue weighted by molar-refractivity contribution is 5.11. The number of aromatic nitrogens is 4. The molecule has 16 heavy (non-hydrogen) atoms. The van der Waals surface area contributed by atoms with Crippen LogP contribution in [0.1, 0.15) is 25.1 Å². The molecule has 0 N–H and O–H groups in total. The van der Waals surface area contributed by atoms with Crippen molar-refractivity contribution in [3.63, 3.8) is 0 Å². The van der Waals surface area contributed by atoms with Gasteiger partial charge >= 0.3 is 0 Å². The molecule has 0 bridgehead atoms. The number of rotatable bonds is 5. The van der Waals surface area contributed by atoms with Crippen molar-refractivity contribution in [2.45, 2.75) is 33.4 Å². The summed E-state index contributed by atoms with van der Waals surface area (Å²) in [6, 6.07) is 0. The lowest BCUT2D eigenvalue weighted by atomic mass is 10.5. The molecule has 0 spiro atoms. The number of nitrogens with zero attached hydrogens (tertiary/aromatic N) is 4. The molecule has 0 atom stereocenters. The summed E-state index contributed by atoms with van der Waals surface area (Å²) in [7, 11) is 0. The van der Waals surface area contributed by atoms with E-state index in [1.54, 1.807) is 13.1 Å². The first-order valence-corrected chi connectivity index (χ1v) is 5.22. The molecule has 86 valence electrons. The van der Waals surface area contributed by atoms with Gasteiger partial charge in [-0.1, -0.05) is 6.92 Å². The lowest BCUT2D eigenvalue weighted by Crippen LogP contribution is -1.96. The Kier molecular flexibility index (Phi) is 3.19. The van der Waals surface area contributed by atoms with Gasteiger partial charge in [-0.3, -0.25) is 4.68 Å². The number of hydrogen-bond donors (Lipinski definition) is 0. The first-order chi connectivity index (χ1) is 7.78. The van der Waals surface area contributed by atoms with Gasteiger partial charge in [-0.15, -0.1) is 10.2 Å². The first kappa shape index (κ1) is 10.7. The fourth-order valence-electron chi connectivity index (χ4n) is 1.31. The van der Waals surface area contributed by atoms with Crippen molar-refractivity contribution >= 4 is 0 Å². The third-order valence-electron chi connectivity index (χ3n) is 1.99. The van der Waals surface area contributed by atoms with Crippen molar-refractivity contribution < 1.29 is 9.15 Å². The van der Waals surface area contributed by atoms with E-state index in [0.29, 0.717) is 17.5 Å². The predicted octanol–water partition coefficient (Wildman–Crippen LogP) is 1.56. The lowest BCUT2D eigenvalue weighted by Gasteiger charge is -1.98. The first-order valence-electron chi connectivity index (χ1n) is 5.22. The highest BCUT2D eigenvalue weighted by Gasteiger charge is 2.04. The molecule has 0 saturated heterocycles. The molecule has 2 aromatic heterocycles. The number of aryl methyl sites for hydroxylation is 2. The zero-order valence-corrected chi connectivity index (χ0v) is 9.38. The van der Waals surface area contributed by atoms with Gasteiger partial charge in [0.05, 0.1) is 12.4 Å². The summed E-state index contributed by atoms with van der Waals surface area (Å²) in [5, 5.41) is 11.7. The summed E-state index contributed by atoms with van der Waals surface area (Å²) in [5.41, 5.74) is 0. The van der Waals surface area contributed by atoms with Crippen molar-refractivity contribution in [3.8, 4) is 5.75 Å². The third-order valence-corrected chi connectivity index (χ3v) is 1.99. The van der Waals surface area contributed by atoms with Gasteiger partial charge in [0.1, 0.15) is 0 Å². The monoisotopic (exact) mass is 222 g/mol. The molecule has 0 aliphatic heterocycles. The van der Waals surface area contributed by atoms with E-state index in [4.69, 9.17) is 9.15 Å². The molecule has 0 aliphatic rings. The maximum Gasteiger partial charge on any atom is 0.253 e. The van der Waals surface area contributed by atoms with E-state index in [0.717, 1.165) is 13.0 Å². The van der Waals surface area contributed by atoms with Gasteiger partial charge in [-0.2, -0.15) is 5.10 Å². The highest BCUT2D eigenvalue weighted by Crippen LogP contribution is 2.11. The molecule has 0 radical (unpaired) electrons. The second kappa shape index (κ2) is 4.78. The van der Waals surface area contributed by atoms with E-state index in [9.17, 15) is 0 Å². The van der Waals surface area contributed by atoms with Gasteiger partial charge in [-0.25, -0.2) is 0 Å². The minimum Gasteiger partial charge on any atom is -0.481 e. The van der Waals surface area contributed by atoms with Crippen LogP contribution in [0.15, 0.2) is 16.8 Å². The molecular weight excluding hydrogens is 208 g/mol. The van der Waals surface area contributed by atoms with Gasteiger partial charge in [0.25, 0.3) is 5.89 Å². The Morgan fingerprint density at radius 3 is 3.00 bits per heavy atom. The maximum atomic E-state index is 5.45. The van der Waals surface area contributed by atoms with E-state index in [1.807, 2.05) is 10.9 Å². The molecule has 0 aliphatic carbocycles. The van der Waals surface area contributed by atoms with Gasteiger partial charge < -0.3 is 9.15 Å². The van der Waals surface area contributed by atoms with Crippen LogP contribution in [0.4, 0.5) is 0 Å². The van der Waals surface area contributed by atoms with Crippen LogP contribution < -0.4 is 4.74 Å². The van der Waals surface area contributed by atoms with Crippen LogP contribution in [0.2, 0.25) is 0 Å². The summed E-state index contributed by atoms with van der Waals surface area (Å²) < 4.78 is 12.5. The Bertz CT molecular complexity index is 449. The molecule has 6 heteroatoms. The summed E-state index contributed by atoms with van der Waals surface area (Å²) in [5.74, 6) is 1.73. The highest BCUT2D eigenvalue weighted by atomic mass is 16.5. The Morgan fingerprint density at radius 1 is 1.44 bits per heavy atom. The van der Waals surface area contributed by atoms with Crippen LogP contribution in [0.3, 0.4) is 0 Å². The molecule has 0 unspecified atom stereocenters. The number of hydrogen-bond acceptors (Lipinski definition) is 5. The van der Waals surface area contributed by atoms with Gasteiger partial charge in [0.2, 0.25) is 5.89 Å². The van der Waals surface area contributed by atoms with Crippen molar-refractivity contribution in [1.82, 2.24) is 20.0 Å². The lowest BCUT2D eigenvalue weighted by molar-refractivity contribution is 0.260. The summed E-state index contributed by atoms with van der Waals surface area (Å²) in [4.78, 5) is 0. The van der Waals surface area contributed by atoms with Crippen LogP contribution in [-0.2, 0) is 13.2 Å². The van der Waals surface area contributed by atoms with E-state index >= 15 is 0 Å². The molecule has 2 rings (SSSR count). The average Bonchev–Trinajstić information content (AvgIpc) is 2.85. The Labute approximate surface area is 93.2 Å². The average molecular weight is 222 g/mol. The fourth-order valence-corrected chi connectivity index (χ4v) is 1.31. The molecule has 0 fully saturated rings. The summed E-state index contributed by atoms with van der Waals surface area (Å²) >= 11 is 0. The predicted molar refractivity (Wildman–Crippen MR) is 55.9 cm³/mol.